The molecule has 3 aromatic rings. The van der Waals surface area contributed by atoms with Crippen molar-refractivity contribution in [3.8, 4) is 0 Å². The number of aromatic nitrogens is 5. The molecule has 0 saturated carbocycles. The SMILES string of the molecule is CCC(CC)Nc1nc(Cl)nc2c1ncn2[C@@H]1O[C@H](c2cc(C(C)O)no2)[C@@H](O)[C@H]1O. The smallest absolute Gasteiger partial charge is 0.226 e. The molecule has 4 N–H and O–H groups in total. The first kappa shape index (κ1) is 21.9. The van der Waals surface area contributed by atoms with Crippen molar-refractivity contribution in [1.82, 2.24) is 24.7 Å². The van der Waals surface area contributed by atoms with Gasteiger partial charge in [-0.1, -0.05) is 19.0 Å². The van der Waals surface area contributed by atoms with Gasteiger partial charge in [-0.2, -0.15) is 9.97 Å². The predicted octanol–water partition coefficient (Wildman–Crippen LogP) is 2.11. The molecule has 1 fully saturated rings. The van der Waals surface area contributed by atoms with E-state index < -0.39 is 30.6 Å². The topological polar surface area (TPSA) is 152 Å². The summed E-state index contributed by atoms with van der Waals surface area (Å²) in [7, 11) is 0. The molecule has 12 heteroatoms. The number of hydrogen-bond acceptors (Lipinski definition) is 10. The molecule has 0 spiro atoms. The summed E-state index contributed by atoms with van der Waals surface area (Å²) in [5.74, 6) is 0.682. The van der Waals surface area contributed by atoms with Crippen LogP contribution in [0, 0.1) is 0 Å². The molecule has 0 amide bonds. The molecule has 0 aliphatic carbocycles. The largest absolute Gasteiger partial charge is 0.387 e. The summed E-state index contributed by atoms with van der Waals surface area (Å²) in [6.45, 7) is 5.67. The van der Waals surface area contributed by atoms with Crippen LogP contribution < -0.4 is 5.32 Å². The van der Waals surface area contributed by atoms with E-state index in [9.17, 15) is 15.3 Å². The molecular weight excluding hydrogens is 428 g/mol. The van der Waals surface area contributed by atoms with E-state index in [4.69, 9.17) is 20.9 Å². The fourth-order valence-electron chi connectivity index (χ4n) is 3.62. The molecule has 0 aromatic carbocycles. The molecule has 4 rings (SSSR count). The van der Waals surface area contributed by atoms with Gasteiger partial charge in [-0.3, -0.25) is 4.57 Å². The number of aliphatic hydroxyl groups is 3. The monoisotopic (exact) mass is 452 g/mol. The highest BCUT2D eigenvalue weighted by Gasteiger charge is 2.47. The first-order valence-electron chi connectivity index (χ1n) is 10.2. The number of nitrogens with zero attached hydrogens (tertiary/aromatic N) is 5. The summed E-state index contributed by atoms with van der Waals surface area (Å²) in [4.78, 5) is 12.9. The summed E-state index contributed by atoms with van der Waals surface area (Å²) in [5.41, 5.74) is 1.13. The summed E-state index contributed by atoms with van der Waals surface area (Å²) in [6, 6.07) is 1.67. The number of fused-ring (bicyclic) bond motifs is 1. The Morgan fingerprint density at radius 2 is 1.97 bits per heavy atom. The second-order valence-electron chi connectivity index (χ2n) is 7.58. The molecule has 1 saturated heterocycles. The van der Waals surface area contributed by atoms with E-state index in [0.717, 1.165) is 12.8 Å². The van der Waals surface area contributed by atoms with Crippen LogP contribution >= 0.6 is 11.6 Å². The molecule has 1 aliphatic rings. The minimum atomic E-state index is -1.30. The zero-order chi connectivity index (χ0) is 22.3. The Morgan fingerprint density at radius 1 is 1.23 bits per heavy atom. The average Bonchev–Trinajstić information content (AvgIpc) is 3.45. The normalized spacial score (nSPS) is 24.9. The van der Waals surface area contributed by atoms with Gasteiger partial charge in [-0.15, -0.1) is 0 Å². The number of nitrogens with one attached hydrogen (secondary N) is 1. The van der Waals surface area contributed by atoms with Crippen molar-refractivity contribution in [1.29, 1.82) is 0 Å². The molecule has 168 valence electrons. The van der Waals surface area contributed by atoms with Gasteiger partial charge >= 0.3 is 0 Å². The maximum atomic E-state index is 10.7. The van der Waals surface area contributed by atoms with E-state index in [-0.39, 0.29) is 17.1 Å². The maximum Gasteiger partial charge on any atom is 0.226 e. The van der Waals surface area contributed by atoms with E-state index >= 15 is 0 Å². The standard InChI is InChI=1S/C19H25ClN6O5/c1-4-9(5-2)22-16-12-17(24-19(20)23-16)26(7-21-12)18-14(29)13(28)15(30-18)11-6-10(8(3)27)25-31-11/h6-9,13-15,18,27-29H,4-5H2,1-3H3,(H,22,23,24)/t8?,13-,14+,15+,18+/m0/s1. The van der Waals surface area contributed by atoms with Gasteiger partial charge in [0.25, 0.3) is 0 Å². The molecule has 1 unspecified atom stereocenters. The number of aliphatic hydroxyl groups excluding tert-OH is 3. The highest BCUT2D eigenvalue weighted by Crippen LogP contribution is 2.40. The van der Waals surface area contributed by atoms with Gasteiger partial charge in [0.2, 0.25) is 5.28 Å². The summed E-state index contributed by atoms with van der Waals surface area (Å²) >= 11 is 6.15. The Labute approximate surface area is 183 Å². The van der Waals surface area contributed by atoms with Crippen LogP contribution in [-0.2, 0) is 4.74 Å². The minimum Gasteiger partial charge on any atom is -0.387 e. The van der Waals surface area contributed by atoms with Crippen LogP contribution in [0.4, 0.5) is 5.82 Å². The van der Waals surface area contributed by atoms with Crippen molar-refractivity contribution in [2.75, 3.05) is 5.32 Å². The Morgan fingerprint density at radius 3 is 2.61 bits per heavy atom. The first-order chi connectivity index (χ1) is 14.8. The predicted molar refractivity (Wildman–Crippen MR) is 110 cm³/mol. The molecule has 1 aliphatic heterocycles. The van der Waals surface area contributed by atoms with Crippen molar-refractivity contribution < 1.29 is 24.6 Å². The maximum absolute atomic E-state index is 10.7. The lowest BCUT2D eigenvalue weighted by Gasteiger charge is -2.18. The van der Waals surface area contributed by atoms with Crippen LogP contribution in [-0.4, -0.2) is 58.2 Å². The van der Waals surface area contributed by atoms with Crippen LogP contribution in [0.5, 0.6) is 0 Å². The second-order valence-corrected chi connectivity index (χ2v) is 7.92. The van der Waals surface area contributed by atoms with Crippen LogP contribution in [0.25, 0.3) is 11.2 Å². The van der Waals surface area contributed by atoms with Gasteiger partial charge in [0.1, 0.15) is 24.0 Å². The lowest BCUT2D eigenvalue weighted by atomic mass is 10.1. The lowest BCUT2D eigenvalue weighted by molar-refractivity contribution is -0.0434. The van der Waals surface area contributed by atoms with Gasteiger partial charge in [0.05, 0.1) is 12.4 Å². The van der Waals surface area contributed by atoms with Gasteiger partial charge in [-0.25, -0.2) is 4.98 Å². The molecule has 0 bridgehead atoms. The third-order valence-electron chi connectivity index (χ3n) is 5.49. The Balaban J connectivity index is 1.67. The molecule has 4 heterocycles. The van der Waals surface area contributed by atoms with Crippen molar-refractivity contribution in [2.24, 2.45) is 0 Å². The highest BCUT2D eigenvalue weighted by molar-refractivity contribution is 6.28. The molecule has 5 atom stereocenters. The zero-order valence-corrected chi connectivity index (χ0v) is 18.1. The molecule has 11 nitrogen and oxygen atoms in total. The number of anilines is 1. The number of rotatable bonds is 7. The van der Waals surface area contributed by atoms with E-state index in [1.54, 1.807) is 6.92 Å². The number of halogens is 1. The minimum absolute atomic E-state index is 0.0177. The highest BCUT2D eigenvalue weighted by atomic mass is 35.5. The first-order valence-corrected chi connectivity index (χ1v) is 10.5. The second kappa shape index (κ2) is 8.67. The summed E-state index contributed by atoms with van der Waals surface area (Å²) < 4.78 is 12.6. The summed E-state index contributed by atoms with van der Waals surface area (Å²) in [6.07, 6.45) is -2.18. The summed E-state index contributed by atoms with van der Waals surface area (Å²) in [5, 5.41) is 38.0. The zero-order valence-electron chi connectivity index (χ0n) is 17.3. The van der Waals surface area contributed by atoms with Crippen molar-refractivity contribution in [3.05, 3.63) is 29.1 Å². The van der Waals surface area contributed by atoms with Crippen molar-refractivity contribution in [2.45, 2.75) is 70.3 Å². The molecule has 0 radical (unpaired) electrons. The van der Waals surface area contributed by atoms with Crippen molar-refractivity contribution >= 4 is 28.6 Å². The fraction of sp³-hybridized carbons (Fsp3) is 0.579. The van der Waals surface area contributed by atoms with Gasteiger partial charge < -0.3 is 29.9 Å². The van der Waals surface area contributed by atoms with Crippen LogP contribution in [0.15, 0.2) is 16.9 Å². The molecule has 3 aromatic heterocycles. The third-order valence-corrected chi connectivity index (χ3v) is 5.66. The molecular formula is C19H25ClN6O5. The Kier molecular flexibility index (Phi) is 6.13. The van der Waals surface area contributed by atoms with Crippen molar-refractivity contribution in [3.63, 3.8) is 0 Å². The number of hydrogen-bond donors (Lipinski definition) is 4. The quantitative estimate of drug-likeness (QED) is 0.392. The Hall–Kier alpha value is -2.31. The average molecular weight is 453 g/mol. The van der Waals surface area contributed by atoms with Gasteiger partial charge in [0.15, 0.2) is 29.0 Å². The van der Waals surface area contributed by atoms with E-state index in [2.05, 4.69) is 39.3 Å². The fourth-order valence-corrected chi connectivity index (χ4v) is 3.79. The number of ether oxygens (including phenoxy) is 1. The lowest BCUT2D eigenvalue weighted by Crippen LogP contribution is -2.29. The van der Waals surface area contributed by atoms with E-state index in [1.165, 1.54) is 17.0 Å². The van der Waals surface area contributed by atoms with Crippen LogP contribution in [0.2, 0.25) is 5.28 Å². The third kappa shape index (κ3) is 3.99. The van der Waals surface area contributed by atoms with Gasteiger partial charge in [-0.05, 0) is 31.4 Å². The van der Waals surface area contributed by atoms with Crippen LogP contribution in [0.3, 0.4) is 0 Å². The Bertz CT molecular complexity index is 1050. The van der Waals surface area contributed by atoms with E-state index in [1.807, 2.05) is 0 Å². The van der Waals surface area contributed by atoms with E-state index in [0.29, 0.717) is 22.7 Å². The van der Waals surface area contributed by atoms with Crippen LogP contribution in [0.1, 0.15) is 63.5 Å². The molecule has 31 heavy (non-hydrogen) atoms. The van der Waals surface area contributed by atoms with Gasteiger partial charge in [0, 0.05) is 12.1 Å². The number of imidazole rings is 1.